The number of hydrogen-bond donors (Lipinski definition) is 0. The maximum atomic E-state index is 13.4. The van der Waals surface area contributed by atoms with Gasteiger partial charge in [-0.1, -0.05) is 0 Å². The van der Waals surface area contributed by atoms with Gasteiger partial charge in [0.15, 0.2) is 0 Å². The first-order valence-electron chi connectivity index (χ1n) is 5.44. The van der Waals surface area contributed by atoms with Gasteiger partial charge in [0.25, 0.3) is 0 Å². The Balaban J connectivity index is 2.18. The van der Waals surface area contributed by atoms with Crippen LogP contribution in [-0.2, 0) is 15.0 Å². The summed E-state index contributed by atoms with van der Waals surface area (Å²) < 4.78 is 47.6. The molecule has 0 saturated carbocycles. The fourth-order valence-corrected chi connectivity index (χ4v) is 3.20. The van der Waals surface area contributed by atoms with Crippen LogP contribution in [0.2, 0.25) is 0 Å². The summed E-state index contributed by atoms with van der Waals surface area (Å²) in [7, 11) is -4.61. The minimum atomic E-state index is -4.61. The van der Waals surface area contributed by atoms with Gasteiger partial charge in [-0.25, -0.2) is 4.39 Å². The van der Waals surface area contributed by atoms with Crippen LogP contribution in [0.25, 0.3) is 0 Å². The van der Waals surface area contributed by atoms with E-state index in [0.717, 1.165) is 0 Å². The number of rotatable bonds is 3. The maximum absolute atomic E-state index is 13.4. The van der Waals surface area contributed by atoms with Crippen molar-refractivity contribution in [3.8, 4) is 0 Å². The molecular weight excluding hydrogens is 391 g/mol. The van der Waals surface area contributed by atoms with Gasteiger partial charge in [0, 0.05) is 28.1 Å². The fraction of sp³-hybridized carbons (Fsp3) is 0.364. The van der Waals surface area contributed by atoms with Gasteiger partial charge in [0.2, 0.25) is 5.91 Å². The SMILES string of the molecule is O=C1CC(CS(=O)(=O)F)CN1c1ccc(I)c(F)c1. The number of nitrogens with zero attached hydrogens (tertiary/aromatic N) is 1. The van der Waals surface area contributed by atoms with Gasteiger partial charge in [-0.05, 0) is 40.8 Å². The molecule has 8 heteroatoms. The Morgan fingerprint density at radius 1 is 1.42 bits per heavy atom. The monoisotopic (exact) mass is 401 g/mol. The topological polar surface area (TPSA) is 54.5 Å². The van der Waals surface area contributed by atoms with Crippen LogP contribution in [0.3, 0.4) is 0 Å². The molecule has 0 aromatic heterocycles. The molecule has 1 fully saturated rings. The van der Waals surface area contributed by atoms with Gasteiger partial charge in [-0.15, -0.1) is 3.89 Å². The summed E-state index contributed by atoms with van der Waals surface area (Å²) in [5.41, 5.74) is 0.363. The van der Waals surface area contributed by atoms with E-state index in [0.29, 0.717) is 9.26 Å². The molecule has 0 N–H and O–H groups in total. The van der Waals surface area contributed by atoms with Crippen molar-refractivity contribution in [1.29, 1.82) is 0 Å². The molecule has 0 spiro atoms. The molecule has 1 atom stereocenters. The Morgan fingerprint density at radius 2 is 2.11 bits per heavy atom. The Bertz CT molecular complexity index is 620. The molecule has 1 aromatic rings. The molecular formula is C11H10F2INO3S. The summed E-state index contributed by atoms with van der Waals surface area (Å²) in [6.07, 6.45) is -0.0449. The summed E-state index contributed by atoms with van der Waals surface area (Å²) in [6.45, 7) is 0.0853. The number of amides is 1. The van der Waals surface area contributed by atoms with Crippen molar-refractivity contribution < 1.29 is 21.5 Å². The Hall–Kier alpha value is -0.770. The average Bonchev–Trinajstić information content (AvgIpc) is 2.61. The van der Waals surface area contributed by atoms with Crippen molar-refractivity contribution in [2.75, 3.05) is 17.2 Å². The third-order valence-corrected chi connectivity index (χ3v) is 4.60. The van der Waals surface area contributed by atoms with Crippen molar-refractivity contribution in [2.45, 2.75) is 6.42 Å². The second-order valence-corrected chi connectivity index (χ2v) is 6.95. The quantitative estimate of drug-likeness (QED) is 0.576. The molecule has 2 rings (SSSR count). The Morgan fingerprint density at radius 3 is 2.68 bits per heavy atom. The van der Waals surface area contributed by atoms with Crippen LogP contribution in [-0.4, -0.2) is 26.6 Å². The standard InChI is InChI=1S/C11H10F2INO3S/c12-9-4-8(1-2-10(9)14)15-5-7(3-11(15)16)6-19(13,17)18/h1-2,4,7H,3,5-6H2. The van der Waals surface area contributed by atoms with Crippen LogP contribution in [0, 0.1) is 15.3 Å². The normalized spacial score (nSPS) is 20.1. The third kappa shape index (κ3) is 3.62. The molecule has 1 amide bonds. The molecule has 1 unspecified atom stereocenters. The number of benzene rings is 1. The number of hydrogen-bond acceptors (Lipinski definition) is 3. The smallest absolute Gasteiger partial charge is 0.302 e. The molecule has 1 aromatic carbocycles. The van der Waals surface area contributed by atoms with E-state index >= 15 is 0 Å². The highest BCUT2D eigenvalue weighted by Crippen LogP contribution is 2.27. The van der Waals surface area contributed by atoms with E-state index in [1.165, 1.54) is 17.0 Å². The van der Waals surface area contributed by atoms with Crippen molar-refractivity contribution in [3.63, 3.8) is 0 Å². The lowest BCUT2D eigenvalue weighted by molar-refractivity contribution is -0.117. The summed E-state index contributed by atoms with van der Waals surface area (Å²) in [4.78, 5) is 13.0. The van der Waals surface area contributed by atoms with E-state index in [1.807, 2.05) is 22.6 Å². The molecule has 4 nitrogen and oxygen atoms in total. The summed E-state index contributed by atoms with van der Waals surface area (Å²) in [6, 6.07) is 4.32. The minimum absolute atomic E-state index is 0.0449. The molecule has 104 valence electrons. The van der Waals surface area contributed by atoms with Crippen LogP contribution < -0.4 is 4.90 Å². The van der Waals surface area contributed by atoms with Crippen LogP contribution in [0.4, 0.5) is 14.0 Å². The van der Waals surface area contributed by atoms with Crippen molar-refractivity contribution >= 4 is 44.4 Å². The minimum Gasteiger partial charge on any atom is -0.312 e. The predicted molar refractivity (Wildman–Crippen MR) is 74.5 cm³/mol. The van der Waals surface area contributed by atoms with Crippen LogP contribution in [0.5, 0.6) is 0 Å². The molecule has 1 aliphatic heterocycles. The molecule has 0 aliphatic carbocycles. The van der Waals surface area contributed by atoms with E-state index in [-0.39, 0.29) is 18.9 Å². The van der Waals surface area contributed by atoms with Gasteiger partial charge < -0.3 is 4.90 Å². The fourth-order valence-electron chi connectivity index (χ4n) is 2.08. The molecule has 1 saturated heterocycles. The second kappa shape index (κ2) is 5.31. The average molecular weight is 401 g/mol. The highest BCUT2D eigenvalue weighted by atomic mass is 127. The first kappa shape index (κ1) is 14.6. The molecule has 0 radical (unpaired) electrons. The first-order chi connectivity index (χ1) is 8.76. The van der Waals surface area contributed by atoms with Crippen molar-refractivity contribution in [3.05, 3.63) is 27.6 Å². The summed E-state index contributed by atoms with van der Waals surface area (Å²) in [5, 5.41) is 0. The first-order valence-corrected chi connectivity index (χ1v) is 8.07. The number of carbonyl (C=O) groups is 1. The molecule has 1 heterocycles. The number of halogens is 3. The number of anilines is 1. The third-order valence-electron chi connectivity index (χ3n) is 2.85. The van der Waals surface area contributed by atoms with Crippen LogP contribution in [0.15, 0.2) is 18.2 Å². The highest BCUT2D eigenvalue weighted by molar-refractivity contribution is 14.1. The zero-order valence-corrected chi connectivity index (χ0v) is 12.6. The molecule has 0 bridgehead atoms. The van der Waals surface area contributed by atoms with E-state index in [2.05, 4.69) is 0 Å². The van der Waals surface area contributed by atoms with Crippen LogP contribution >= 0.6 is 22.6 Å². The van der Waals surface area contributed by atoms with Crippen molar-refractivity contribution in [1.82, 2.24) is 0 Å². The van der Waals surface area contributed by atoms with Gasteiger partial charge >= 0.3 is 10.2 Å². The lowest BCUT2D eigenvalue weighted by Crippen LogP contribution is -2.25. The van der Waals surface area contributed by atoms with E-state index in [1.54, 1.807) is 6.07 Å². The zero-order chi connectivity index (χ0) is 14.2. The van der Waals surface area contributed by atoms with Crippen molar-refractivity contribution in [2.24, 2.45) is 5.92 Å². The van der Waals surface area contributed by atoms with E-state index in [4.69, 9.17) is 0 Å². The summed E-state index contributed by atoms with van der Waals surface area (Å²) in [5.74, 6) is -2.05. The summed E-state index contributed by atoms with van der Waals surface area (Å²) >= 11 is 1.82. The van der Waals surface area contributed by atoms with Gasteiger partial charge in [-0.3, -0.25) is 4.79 Å². The number of carbonyl (C=O) groups excluding carboxylic acids is 1. The largest absolute Gasteiger partial charge is 0.312 e. The predicted octanol–water partition coefficient (Wildman–Crippen LogP) is 2.08. The lowest BCUT2D eigenvalue weighted by atomic mass is 10.1. The maximum Gasteiger partial charge on any atom is 0.302 e. The van der Waals surface area contributed by atoms with Gasteiger partial charge in [0.1, 0.15) is 5.82 Å². The Labute approximate surface area is 123 Å². The van der Waals surface area contributed by atoms with E-state index in [9.17, 15) is 21.5 Å². The van der Waals surface area contributed by atoms with E-state index < -0.39 is 27.7 Å². The Kier molecular flexibility index (Phi) is 4.09. The highest BCUT2D eigenvalue weighted by Gasteiger charge is 2.33. The zero-order valence-electron chi connectivity index (χ0n) is 9.64. The molecule has 1 aliphatic rings. The van der Waals surface area contributed by atoms with Gasteiger partial charge in [0.05, 0.1) is 5.75 Å². The van der Waals surface area contributed by atoms with Crippen LogP contribution in [0.1, 0.15) is 6.42 Å². The lowest BCUT2D eigenvalue weighted by Gasteiger charge is -2.16. The second-order valence-electron chi connectivity index (χ2n) is 4.38. The molecule has 19 heavy (non-hydrogen) atoms. The van der Waals surface area contributed by atoms with Gasteiger partial charge in [-0.2, -0.15) is 8.42 Å².